The molecule has 0 bridgehead atoms. The van der Waals surface area contributed by atoms with Crippen LogP contribution in [0.2, 0.25) is 0 Å². The standard InChI is InChI=1S/C29H24N2O6/c32-27(33)24-12-7-13-25(28(34)35)26(24)30-29(36)31(18-20-8-3-1-4-9-20)19-21-14-16-23(17-15-21)37-22-10-5-2-6-11-22/h1-17H,18-19H2,(H,30,36)(H,32,33)(H,34,35). The summed E-state index contributed by atoms with van der Waals surface area (Å²) in [7, 11) is 0. The van der Waals surface area contributed by atoms with E-state index in [9.17, 15) is 24.6 Å². The first-order valence-electron chi connectivity index (χ1n) is 11.4. The highest BCUT2D eigenvalue weighted by Crippen LogP contribution is 2.24. The predicted molar refractivity (Wildman–Crippen MR) is 138 cm³/mol. The Labute approximate surface area is 213 Å². The average molecular weight is 497 g/mol. The van der Waals surface area contributed by atoms with Gasteiger partial charge in [0.1, 0.15) is 11.5 Å². The summed E-state index contributed by atoms with van der Waals surface area (Å²) in [5, 5.41) is 21.6. The topological polar surface area (TPSA) is 116 Å². The van der Waals surface area contributed by atoms with Crippen molar-refractivity contribution >= 4 is 23.7 Å². The van der Waals surface area contributed by atoms with Gasteiger partial charge in [-0.1, -0.05) is 66.7 Å². The lowest BCUT2D eigenvalue weighted by Gasteiger charge is -2.24. The van der Waals surface area contributed by atoms with Gasteiger partial charge < -0.3 is 25.2 Å². The van der Waals surface area contributed by atoms with E-state index in [1.54, 1.807) is 12.1 Å². The van der Waals surface area contributed by atoms with Crippen molar-refractivity contribution in [1.82, 2.24) is 4.90 Å². The van der Waals surface area contributed by atoms with Crippen molar-refractivity contribution in [3.63, 3.8) is 0 Å². The van der Waals surface area contributed by atoms with E-state index in [0.717, 1.165) is 11.1 Å². The van der Waals surface area contributed by atoms with Crippen molar-refractivity contribution in [2.24, 2.45) is 0 Å². The summed E-state index contributed by atoms with van der Waals surface area (Å²) in [5.41, 5.74) is 0.769. The molecule has 2 amide bonds. The molecule has 0 aromatic heterocycles. The van der Waals surface area contributed by atoms with E-state index >= 15 is 0 Å². The maximum atomic E-state index is 13.4. The van der Waals surface area contributed by atoms with E-state index in [-0.39, 0.29) is 29.9 Å². The van der Waals surface area contributed by atoms with Crippen molar-refractivity contribution in [1.29, 1.82) is 0 Å². The van der Waals surface area contributed by atoms with Crippen molar-refractivity contribution in [2.75, 3.05) is 5.32 Å². The van der Waals surface area contributed by atoms with E-state index in [0.29, 0.717) is 11.5 Å². The minimum atomic E-state index is -1.35. The second-order valence-corrected chi connectivity index (χ2v) is 8.17. The molecule has 8 heteroatoms. The molecule has 0 saturated carbocycles. The van der Waals surface area contributed by atoms with Crippen LogP contribution in [0.5, 0.6) is 11.5 Å². The van der Waals surface area contributed by atoms with E-state index in [2.05, 4.69) is 5.32 Å². The molecular formula is C29H24N2O6. The number of carbonyl (C=O) groups excluding carboxylic acids is 1. The zero-order valence-electron chi connectivity index (χ0n) is 19.7. The van der Waals surface area contributed by atoms with Crippen molar-refractivity contribution in [2.45, 2.75) is 13.1 Å². The Morgan fingerprint density at radius 1 is 0.622 bits per heavy atom. The van der Waals surface area contributed by atoms with Gasteiger partial charge in [0, 0.05) is 13.1 Å². The van der Waals surface area contributed by atoms with Crippen LogP contribution in [0.4, 0.5) is 10.5 Å². The Morgan fingerprint density at radius 2 is 1.11 bits per heavy atom. The largest absolute Gasteiger partial charge is 0.478 e. The minimum Gasteiger partial charge on any atom is -0.478 e. The SMILES string of the molecule is O=C(O)c1cccc(C(=O)O)c1NC(=O)N(Cc1ccccc1)Cc1ccc(Oc2ccccc2)cc1. The van der Waals surface area contributed by atoms with Gasteiger partial charge in [-0.3, -0.25) is 0 Å². The molecule has 186 valence electrons. The molecule has 3 N–H and O–H groups in total. The molecule has 0 heterocycles. The van der Waals surface area contributed by atoms with Crippen molar-refractivity contribution in [3.8, 4) is 11.5 Å². The Kier molecular flexibility index (Phi) is 7.80. The van der Waals surface area contributed by atoms with Gasteiger partial charge >= 0.3 is 18.0 Å². The number of hydrogen-bond donors (Lipinski definition) is 3. The molecule has 0 unspecified atom stereocenters. The monoisotopic (exact) mass is 496 g/mol. The van der Waals surface area contributed by atoms with Gasteiger partial charge in [-0.2, -0.15) is 0 Å². The number of rotatable bonds is 9. The zero-order valence-corrected chi connectivity index (χ0v) is 19.7. The number of carbonyl (C=O) groups is 3. The van der Waals surface area contributed by atoms with E-state index in [1.165, 1.54) is 23.1 Å². The Morgan fingerprint density at radius 3 is 1.65 bits per heavy atom. The Hall–Kier alpha value is -5.11. The highest BCUT2D eigenvalue weighted by Gasteiger charge is 2.23. The van der Waals surface area contributed by atoms with Crippen molar-refractivity contribution < 1.29 is 29.3 Å². The number of amides is 2. The zero-order chi connectivity index (χ0) is 26.2. The summed E-state index contributed by atoms with van der Waals surface area (Å²) in [6.07, 6.45) is 0. The summed E-state index contributed by atoms with van der Waals surface area (Å²) in [6, 6.07) is 29.1. The second-order valence-electron chi connectivity index (χ2n) is 8.17. The van der Waals surface area contributed by atoms with Crippen LogP contribution in [0.15, 0.2) is 103 Å². The number of hydrogen-bond acceptors (Lipinski definition) is 4. The van der Waals surface area contributed by atoms with Gasteiger partial charge in [0.15, 0.2) is 0 Å². The lowest BCUT2D eigenvalue weighted by Crippen LogP contribution is -2.35. The lowest BCUT2D eigenvalue weighted by atomic mass is 10.1. The molecule has 0 fully saturated rings. The van der Waals surface area contributed by atoms with Gasteiger partial charge in [0.25, 0.3) is 0 Å². The molecule has 0 aliphatic rings. The third kappa shape index (κ3) is 6.52. The predicted octanol–water partition coefficient (Wildman–Crippen LogP) is 6.11. The number of nitrogens with zero attached hydrogens (tertiary/aromatic N) is 1. The molecule has 0 aliphatic heterocycles. The first-order chi connectivity index (χ1) is 17.9. The minimum absolute atomic E-state index is 0.185. The number of aromatic carboxylic acids is 2. The van der Waals surface area contributed by atoms with E-state index in [1.807, 2.05) is 72.8 Å². The van der Waals surface area contributed by atoms with Crippen LogP contribution in [0, 0.1) is 0 Å². The molecule has 4 aromatic rings. The maximum Gasteiger partial charge on any atom is 0.337 e. The quantitative estimate of drug-likeness (QED) is 0.257. The molecule has 8 nitrogen and oxygen atoms in total. The fourth-order valence-corrected chi connectivity index (χ4v) is 3.74. The third-order valence-corrected chi connectivity index (χ3v) is 5.54. The fourth-order valence-electron chi connectivity index (χ4n) is 3.74. The van der Waals surface area contributed by atoms with Crippen molar-refractivity contribution in [3.05, 3.63) is 125 Å². The third-order valence-electron chi connectivity index (χ3n) is 5.54. The molecule has 0 aliphatic carbocycles. The van der Waals surface area contributed by atoms with Gasteiger partial charge in [-0.15, -0.1) is 0 Å². The van der Waals surface area contributed by atoms with Gasteiger partial charge in [0.2, 0.25) is 0 Å². The highest BCUT2D eigenvalue weighted by molar-refractivity contribution is 6.07. The summed E-state index contributed by atoms with van der Waals surface area (Å²) in [5.74, 6) is -1.36. The normalized spacial score (nSPS) is 10.4. The number of urea groups is 1. The van der Waals surface area contributed by atoms with Crippen LogP contribution >= 0.6 is 0 Å². The van der Waals surface area contributed by atoms with Crippen LogP contribution in [0.1, 0.15) is 31.8 Å². The number of nitrogens with one attached hydrogen (secondary N) is 1. The number of carboxylic acid groups (broad SMARTS) is 2. The number of carboxylic acids is 2. The van der Waals surface area contributed by atoms with Crippen LogP contribution in [0.3, 0.4) is 0 Å². The highest BCUT2D eigenvalue weighted by atomic mass is 16.5. The first kappa shape index (κ1) is 25.0. The van der Waals surface area contributed by atoms with Crippen LogP contribution in [0.25, 0.3) is 0 Å². The molecule has 0 atom stereocenters. The summed E-state index contributed by atoms with van der Waals surface area (Å²) in [4.78, 5) is 38.3. The Bertz CT molecular complexity index is 1360. The van der Waals surface area contributed by atoms with Crippen LogP contribution in [-0.4, -0.2) is 33.1 Å². The first-order valence-corrected chi connectivity index (χ1v) is 11.4. The molecule has 4 rings (SSSR count). The fraction of sp³-hybridized carbons (Fsp3) is 0.0690. The number of para-hydroxylation sites is 2. The van der Waals surface area contributed by atoms with Gasteiger partial charge in [0.05, 0.1) is 16.8 Å². The molecule has 4 aromatic carbocycles. The van der Waals surface area contributed by atoms with Crippen LogP contribution in [-0.2, 0) is 13.1 Å². The molecule has 0 saturated heterocycles. The maximum absolute atomic E-state index is 13.4. The molecule has 37 heavy (non-hydrogen) atoms. The Balaban J connectivity index is 1.58. The number of ether oxygens (including phenoxy) is 1. The number of benzene rings is 4. The second kappa shape index (κ2) is 11.5. The summed E-state index contributed by atoms with van der Waals surface area (Å²) >= 11 is 0. The summed E-state index contributed by atoms with van der Waals surface area (Å²) < 4.78 is 5.83. The molecular weight excluding hydrogens is 472 g/mol. The average Bonchev–Trinajstić information content (AvgIpc) is 2.90. The number of anilines is 1. The molecule has 0 radical (unpaired) electrons. The smallest absolute Gasteiger partial charge is 0.337 e. The van der Waals surface area contributed by atoms with E-state index in [4.69, 9.17) is 4.74 Å². The summed E-state index contributed by atoms with van der Waals surface area (Å²) in [6.45, 7) is 0.399. The van der Waals surface area contributed by atoms with Crippen LogP contribution < -0.4 is 10.1 Å². The van der Waals surface area contributed by atoms with E-state index < -0.39 is 18.0 Å². The van der Waals surface area contributed by atoms with Gasteiger partial charge in [-0.05, 0) is 47.5 Å². The lowest BCUT2D eigenvalue weighted by molar-refractivity contribution is 0.0696. The van der Waals surface area contributed by atoms with Gasteiger partial charge in [-0.25, -0.2) is 14.4 Å². The molecule has 0 spiro atoms.